The Labute approximate surface area is 203 Å². The molecule has 1 N–H and O–H groups in total. The second-order valence-corrected chi connectivity index (χ2v) is 8.13. The van der Waals surface area contributed by atoms with Gasteiger partial charge in [-0.3, -0.25) is 14.2 Å². The zero-order valence-electron chi connectivity index (χ0n) is 18.9. The van der Waals surface area contributed by atoms with E-state index in [9.17, 15) is 18.0 Å². The number of aromatic nitrogens is 4. The van der Waals surface area contributed by atoms with Crippen LogP contribution in [-0.4, -0.2) is 38.7 Å². The number of halogens is 4. The standard InChI is InChI=1S/C22H25BrF3N5O3/c1-4-33-17-7-6-15(10-18(17)34-5-2)12-30-13-16(11-27-30)28-19(32)8-9-31-14(3)20(23)21(29-31)22(24,25)26/h6-7,10-11,13H,4-5,8-9,12H2,1-3H3,(H,28,32). The van der Waals surface area contributed by atoms with Crippen LogP contribution in [0, 0.1) is 6.92 Å². The monoisotopic (exact) mass is 543 g/mol. The van der Waals surface area contributed by atoms with Crippen molar-refractivity contribution in [2.24, 2.45) is 0 Å². The van der Waals surface area contributed by atoms with Gasteiger partial charge in [-0.2, -0.15) is 23.4 Å². The third kappa shape index (κ3) is 6.31. The number of hydrogen-bond donors (Lipinski definition) is 1. The van der Waals surface area contributed by atoms with E-state index in [4.69, 9.17) is 9.47 Å². The number of amides is 1. The highest BCUT2D eigenvalue weighted by atomic mass is 79.9. The fraction of sp³-hybridized carbons (Fsp3) is 0.409. The molecule has 0 aliphatic carbocycles. The number of carbonyl (C=O) groups excluding carboxylic acids is 1. The van der Waals surface area contributed by atoms with E-state index < -0.39 is 11.9 Å². The normalized spacial score (nSPS) is 11.5. The third-order valence-electron chi connectivity index (χ3n) is 4.82. The van der Waals surface area contributed by atoms with Crippen molar-refractivity contribution >= 4 is 27.5 Å². The van der Waals surface area contributed by atoms with Gasteiger partial charge < -0.3 is 14.8 Å². The Morgan fingerprint density at radius 2 is 1.88 bits per heavy atom. The Morgan fingerprint density at radius 1 is 1.18 bits per heavy atom. The van der Waals surface area contributed by atoms with Crippen LogP contribution in [0.15, 0.2) is 35.1 Å². The number of ether oxygens (including phenoxy) is 2. The van der Waals surface area contributed by atoms with Crippen LogP contribution >= 0.6 is 15.9 Å². The molecule has 2 heterocycles. The number of anilines is 1. The molecule has 0 saturated carbocycles. The molecule has 8 nitrogen and oxygen atoms in total. The number of carbonyl (C=O) groups is 1. The minimum atomic E-state index is -4.57. The van der Waals surface area contributed by atoms with Crippen LogP contribution in [0.3, 0.4) is 0 Å². The minimum Gasteiger partial charge on any atom is -0.490 e. The lowest BCUT2D eigenvalue weighted by Gasteiger charge is -2.12. The summed E-state index contributed by atoms with van der Waals surface area (Å²) >= 11 is 2.92. The van der Waals surface area contributed by atoms with Crippen LogP contribution in [0.1, 0.15) is 37.2 Å². The molecule has 3 aromatic rings. The van der Waals surface area contributed by atoms with Gasteiger partial charge in [0.15, 0.2) is 17.2 Å². The molecule has 0 unspecified atom stereocenters. The van der Waals surface area contributed by atoms with E-state index in [1.165, 1.54) is 13.1 Å². The zero-order valence-corrected chi connectivity index (χ0v) is 20.5. The highest BCUT2D eigenvalue weighted by Crippen LogP contribution is 2.35. The first kappa shape index (κ1) is 25.6. The molecule has 184 valence electrons. The van der Waals surface area contributed by atoms with E-state index in [2.05, 4.69) is 31.4 Å². The first-order chi connectivity index (χ1) is 16.1. The SMILES string of the molecule is CCOc1ccc(Cn2cc(NC(=O)CCn3nc(C(F)(F)F)c(Br)c3C)cn2)cc1OCC. The number of alkyl halides is 3. The number of hydrogen-bond acceptors (Lipinski definition) is 5. The van der Waals surface area contributed by atoms with E-state index in [-0.39, 0.29) is 23.3 Å². The summed E-state index contributed by atoms with van der Waals surface area (Å²) in [7, 11) is 0. The van der Waals surface area contributed by atoms with Gasteiger partial charge in [0.2, 0.25) is 5.91 Å². The second-order valence-electron chi connectivity index (χ2n) is 7.34. The maximum Gasteiger partial charge on any atom is 0.436 e. The van der Waals surface area contributed by atoms with Crippen molar-refractivity contribution in [1.82, 2.24) is 19.6 Å². The molecule has 34 heavy (non-hydrogen) atoms. The molecule has 0 fully saturated rings. The van der Waals surface area contributed by atoms with Gasteiger partial charge >= 0.3 is 6.18 Å². The third-order valence-corrected chi connectivity index (χ3v) is 5.77. The van der Waals surface area contributed by atoms with Gasteiger partial charge in [0.1, 0.15) is 0 Å². The summed E-state index contributed by atoms with van der Waals surface area (Å²) in [5, 5.41) is 10.5. The topological polar surface area (TPSA) is 83.2 Å². The van der Waals surface area contributed by atoms with Crippen molar-refractivity contribution in [1.29, 1.82) is 0 Å². The van der Waals surface area contributed by atoms with Crippen molar-refractivity contribution in [3.05, 3.63) is 52.0 Å². The quantitative estimate of drug-likeness (QED) is 0.387. The fourth-order valence-electron chi connectivity index (χ4n) is 3.25. The molecular weight excluding hydrogens is 519 g/mol. The minimum absolute atomic E-state index is 0.00681. The first-order valence-electron chi connectivity index (χ1n) is 10.6. The predicted molar refractivity (Wildman–Crippen MR) is 123 cm³/mol. The summed E-state index contributed by atoms with van der Waals surface area (Å²) < 4.78 is 52.9. The highest BCUT2D eigenvalue weighted by molar-refractivity contribution is 9.10. The van der Waals surface area contributed by atoms with Crippen molar-refractivity contribution in [2.45, 2.75) is 46.5 Å². The Kier molecular flexibility index (Phi) is 8.24. The Morgan fingerprint density at radius 3 is 2.53 bits per heavy atom. The van der Waals surface area contributed by atoms with Crippen LogP contribution in [0.5, 0.6) is 11.5 Å². The molecule has 2 aromatic heterocycles. The van der Waals surface area contributed by atoms with Gasteiger partial charge in [-0.25, -0.2) is 0 Å². The summed E-state index contributed by atoms with van der Waals surface area (Å²) in [6.07, 6.45) is -1.44. The molecule has 0 spiro atoms. The Bertz CT molecular complexity index is 1140. The van der Waals surface area contributed by atoms with Crippen LogP contribution in [0.2, 0.25) is 0 Å². The first-order valence-corrected chi connectivity index (χ1v) is 11.4. The Balaban J connectivity index is 1.59. The molecule has 0 bridgehead atoms. The van der Waals surface area contributed by atoms with E-state index in [0.717, 1.165) is 10.2 Å². The average Bonchev–Trinajstić information content (AvgIpc) is 3.32. The van der Waals surface area contributed by atoms with Crippen LogP contribution < -0.4 is 14.8 Å². The molecule has 0 saturated heterocycles. The fourth-order valence-corrected chi connectivity index (χ4v) is 3.76. The molecule has 1 amide bonds. The Hall–Kier alpha value is -3.02. The maximum atomic E-state index is 13.0. The largest absolute Gasteiger partial charge is 0.490 e. The number of nitrogens with zero attached hydrogens (tertiary/aromatic N) is 4. The van der Waals surface area contributed by atoms with Gasteiger partial charge in [-0.15, -0.1) is 0 Å². The van der Waals surface area contributed by atoms with E-state index in [0.29, 0.717) is 42.6 Å². The number of rotatable bonds is 10. The summed E-state index contributed by atoms with van der Waals surface area (Å²) in [4.78, 5) is 12.3. The lowest BCUT2D eigenvalue weighted by molar-refractivity contribution is -0.142. The number of nitrogens with one attached hydrogen (secondary N) is 1. The summed E-state index contributed by atoms with van der Waals surface area (Å²) in [5.41, 5.74) is 0.714. The lowest BCUT2D eigenvalue weighted by atomic mass is 10.2. The van der Waals surface area contributed by atoms with Crippen LogP contribution in [0.4, 0.5) is 18.9 Å². The molecule has 12 heteroatoms. The van der Waals surface area contributed by atoms with Crippen molar-refractivity contribution in [3.8, 4) is 11.5 Å². The highest BCUT2D eigenvalue weighted by Gasteiger charge is 2.37. The number of aryl methyl sites for hydroxylation is 1. The molecule has 0 aliphatic heterocycles. The van der Waals surface area contributed by atoms with Gasteiger partial charge in [0.05, 0.1) is 48.4 Å². The zero-order chi connectivity index (χ0) is 24.9. The summed E-state index contributed by atoms with van der Waals surface area (Å²) in [6.45, 7) is 6.79. The predicted octanol–water partition coefficient (Wildman–Crippen LogP) is 5.04. The smallest absolute Gasteiger partial charge is 0.436 e. The summed E-state index contributed by atoms with van der Waals surface area (Å²) in [6, 6.07) is 5.64. The van der Waals surface area contributed by atoms with E-state index in [1.54, 1.807) is 10.9 Å². The van der Waals surface area contributed by atoms with E-state index >= 15 is 0 Å². The average molecular weight is 544 g/mol. The van der Waals surface area contributed by atoms with Gasteiger partial charge in [0.25, 0.3) is 0 Å². The molecule has 0 atom stereocenters. The second kappa shape index (κ2) is 10.9. The molecule has 0 aliphatic rings. The van der Waals surface area contributed by atoms with Crippen LogP contribution in [-0.2, 0) is 24.1 Å². The van der Waals surface area contributed by atoms with Gasteiger partial charge in [0, 0.05) is 12.6 Å². The molecular formula is C22H25BrF3N5O3. The number of benzene rings is 1. The molecule has 0 radical (unpaired) electrons. The molecule has 3 rings (SSSR count). The van der Waals surface area contributed by atoms with Crippen molar-refractivity contribution in [3.63, 3.8) is 0 Å². The lowest BCUT2D eigenvalue weighted by Crippen LogP contribution is -2.16. The van der Waals surface area contributed by atoms with Gasteiger partial charge in [-0.05, 0) is 54.4 Å². The van der Waals surface area contributed by atoms with Gasteiger partial charge in [-0.1, -0.05) is 6.07 Å². The van der Waals surface area contributed by atoms with Crippen LogP contribution in [0.25, 0.3) is 0 Å². The van der Waals surface area contributed by atoms with E-state index in [1.807, 2.05) is 32.0 Å². The summed E-state index contributed by atoms with van der Waals surface area (Å²) in [5.74, 6) is 0.957. The maximum absolute atomic E-state index is 13.0. The molecule has 1 aromatic carbocycles. The van der Waals surface area contributed by atoms with Crippen molar-refractivity contribution in [2.75, 3.05) is 18.5 Å². The van der Waals surface area contributed by atoms with Crippen molar-refractivity contribution < 1.29 is 27.4 Å².